The predicted octanol–water partition coefficient (Wildman–Crippen LogP) is -0.464. The summed E-state index contributed by atoms with van der Waals surface area (Å²) in [6.45, 7) is 4.12. The zero-order valence-electron chi connectivity index (χ0n) is 22.2. The Morgan fingerprint density at radius 3 is 1.97 bits per heavy atom. The van der Waals surface area contributed by atoms with Crippen molar-refractivity contribution in [3.63, 3.8) is 0 Å². The first-order valence-corrected chi connectivity index (χ1v) is 12.9. The van der Waals surface area contributed by atoms with Gasteiger partial charge in [0.1, 0.15) is 18.1 Å². The van der Waals surface area contributed by atoms with E-state index in [-0.39, 0.29) is 38.0 Å². The quantitative estimate of drug-likeness (QED) is 0.122. The molecule has 4 atom stereocenters. The average Bonchev–Trinajstić information content (AvgIpc) is 2.85. The molecule has 38 heavy (non-hydrogen) atoms. The summed E-state index contributed by atoms with van der Waals surface area (Å²) >= 11 is 0. The predicted molar refractivity (Wildman–Crippen MR) is 142 cm³/mol. The van der Waals surface area contributed by atoms with Crippen LogP contribution in [0.25, 0.3) is 0 Å². The lowest BCUT2D eigenvalue weighted by atomic mass is 10.0. The highest BCUT2D eigenvalue weighted by molar-refractivity contribution is 5.94. The minimum Gasteiger partial charge on any atom is -0.480 e. The Hall–Kier alpha value is -3.51. The van der Waals surface area contributed by atoms with Gasteiger partial charge in [0.15, 0.2) is 0 Å². The van der Waals surface area contributed by atoms with Gasteiger partial charge in [0.2, 0.25) is 23.6 Å². The molecular weight excluding hydrogens is 492 g/mol. The number of carboxylic acid groups (broad SMARTS) is 1. The Morgan fingerprint density at radius 1 is 0.842 bits per heavy atom. The zero-order valence-corrected chi connectivity index (χ0v) is 22.2. The Balaban J connectivity index is 2.97. The van der Waals surface area contributed by atoms with Crippen molar-refractivity contribution in [1.29, 1.82) is 0 Å². The number of nitrogens with two attached hydrogens (primary N) is 3. The van der Waals surface area contributed by atoms with Crippen LogP contribution in [-0.2, 0) is 30.4 Å². The molecule has 12 heteroatoms. The molecule has 1 aromatic rings. The second-order valence-corrected chi connectivity index (χ2v) is 9.74. The van der Waals surface area contributed by atoms with Crippen molar-refractivity contribution in [2.24, 2.45) is 23.1 Å². The summed E-state index contributed by atoms with van der Waals surface area (Å²) in [4.78, 5) is 61.9. The maximum Gasteiger partial charge on any atom is 0.326 e. The lowest BCUT2D eigenvalue weighted by Crippen LogP contribution is -2.57. The fourth-order valence-corrected chi connectivity index (χ4v) is 3.79. The number of carbonyl (C=O) groups is 5. The standard InChI is InChI=1S/C26H42N6O6/c1-16(2)14-21(32-23(34)18(28)15-17-8-4-3-5-9-17)25(36)30-19(11-12-22(29)33)24(35)31-20(26(37)38)10-6-7-13-27/h3-5,8-9,16,18-21H,6-7,10-15,27-28H2,1-2H3,(H2,29,33)(H,30,36)(H,31,35)(H,32,34)(H,37,38). The molecule has 0 saturated heterocycles. The average molecular weight is 535 g/mol. The lowest BCUT2D eigenvalue weighted by Gasteiger charge is -2.26. The van der Waals surface area contributed by atoms with E-state index in [0.717, 1.165) is 5.56 Å². The van der Waals surface area contributed by atoms with E-state index in [1.54, 1.807) is 0 Å². The van der Waals surface area contributed by atoms with Gasteiger partial charge in [-0.2, -0.15) is 0 Å². The largest absolute Gasteiger partial charge is 0.480 e. The van der Waals surface area contributed by atoms with Gasteiger partial charge < -0.3 is 38.3 Å². The molecule has 0 aliphatic rings. The smallest absolute Gasteiger partial charge is 0.326 e. The molecule has 10 N–H and O–H groups in total. The van der Waals surface area contributed by atoms with E-state index in [1.165, 1.54) is 0 Å². The van der Waals surface area contributed by atoms with Crippen LogP contribution in [0, 0.1) is 5.92 Å². The first kappa shape index (κ1) is 32.5. The lowest BCUT2D eigenvalue weighted by molar-refractivity contribution is -0.142. The molecule has 0 bridgehead atoms. The van der Waals surface area contributed by atoms with Gasteiger partial charge in [-0.1, -0.05) is 44.2 Å². The molecule has 0 heterocycles. The van der Waals surface area contributed by atoms with Gasteiger partial charge in [-0.05, 0) is 56.6 Å². The molecule has 212 valence electrons. The van der Waals surface area contributed by atoms with Crippen LogP contribution < -0.4 is 33.2 Å². The number of aliphatic carboxylic acids is 1. The highest BCUT2D eigenvalue weighted by atomic mass is 16.4. The van der Waals surface area contributed by atoms with E-state index < -0.39 is 53.8 Å². The van der Waals surface area contributed by atoms with Crippen LogP contribution in [0.1, 0.15) is 57.9 Å². The molecular formula is C26H42N6O6. The van der Waals surface area contributed by atoms with Crippen molar-refractivity contribution in [2.45, 2.75) is 83.0 Å². The van der Waals surface area contributed by atoms with Crippen molar-refractivity contribution in [3.05, 3.63) is 35.9 Å². The summed E-state index contributed by atoms with van der Waals surface area (Å²) in [5, 5.41) is 17.1. The van der Waals surface area contributed by atoms with Crippen molar-refractivity contribution < 1.29 is 29.1 Å². The minimum atomic E-state index is -1.24. The van der Waals surface area contributed by atoms with Crippen molar-refractivity contribution >= 4 is 29.6 Å². The van der Waals surface area contributed by atoms with Gasteiger partial charge in [-0.3, -0.25) is 19.2 Å². The van der Waals surface area contributed by atoms with Crippen LogP contribution in [0.15, 0.2) is 30.3 Å². The van der Waals surface area contributed by atoms with Crippen LogP contribution in [0.5, 0.6) is 0 Å². The van der Waals surface area contributed by atoms with Crippen LogP contribution in [0.3, 0.4) is 0 Å². The number of hydrogen-bond acceptors (Lipinski definition) is 7. The highest BCUT2D eigenvalue weighted by Gasteiger charge is 2.30. The number of benzene rings is 1. The number of amides is 4. The molecule has 0 radical (unpaired) electrons. The van der Waals surface area contributed by atoms with Crippen LogP contribution in [0.4, 0.5) is 0 Å². The molecule has 0 aliphatic heterocycles. The third-order valence-electron chi connectivity index (χ3n) is 5.85. The molecule has 0 saturated carbocycles. The molecule has 4 amide bonds. The zero-order chi connectivity index (χ0) is 28.7. The van der Waals surface area contributed by atoms with E-state index in [1.807, 2.05) is 44.2 Å². The summed E-state index contributed by atoms with van der Waals surface area (Å²) in [6.07, 6.45) is 1.40. The summed E-state index contributed by atoms with van der Waals surface area (Å²) in [7, 11) is 0. The fraction of sp³-hybridized carbons (Fsp3) is 0.577. The Morgan fingerprint density at radius 2 is 1.42 bits per heavy atom. The van der Waals surface area contributed by atoms with E-state index in [4.69, 9.17) is 17.2 Å². The molecule has 12 nitrogen and oxygen atoms in total. The number of carbonyl (C=O) groups excluding carboxylic acids is 4. The first-order valence-electron chi connectivity index (χ1n) is 12.9. The van der Waals surface area contributed by atoms with Crippen LogP contribution >= 0.6 is 0 Å². The fourth-order valence-electron chi connectivity index (χ4n) is 3.79. The van der Waals surface area contributed by atoms with Crippen molar-refractivity contribution in [3.8, 4) is 0 Å². The van der Waals surface area contributed by atoms with Crippen LogP contribution in [-0.4, -0.2) is 65.4 Å². The number of rotatable bonds is 18. The summed E-state index contributed by atoms with van der Waals surface area (Å²) in [6, 6.07) is 4.86. The second-order valence-electron chi connectivity index (χ2n) is 9.74. The monoisotopic (exact) mass is 534 g/mol. The van der Waals surface area contributed by atoms with Crippen LogP contribution in [0.2, 0.25) is 0 Å². The third kappa shape index (κ3) is 12.6. The van der Waals surface area contributed by atoms with Gasteiger partial charge in [-0.15, -0.1) is 0 Å². The summed E-state index contributed by atoms with van der Waals surface area (Å²) < 4.78 is 0. The highest BCUT2D eigenvalue weighted by Crippen LogP contribution is 2.09. The molecule has 0 spiro atoms. The maximum absolute atomic E-state index is 13.2. The number of primary amides is 1. The molecule has 4 unspecified atom stereocenters. The van der Waals surface area contributed by atoms with Crippen molar-refractivity contribution in [1.82, 2.24) is 16.0 Å². The topological polar surface area (TPSA) is 220 Å². The third-order valence-corrected chi connectivity index (χ3v) is 5.85. The number of nitrogens with one attached hydrogen (secondary N) is 3. The molecule has 0 aromatic heterocycles. The Bertz CT molecular complexity index is 926. The normalized spacial score (nSPS) is 14.1. The van der Waals surface area contributed by atoms with E-state index in [2.05, 4.69) is 16.0 Å². The molecule has 0 aliphatic carbocycles. The number of unbranched alkanes of at least 4 members (excludes halogenated alkanes) is 1. The van der Waals surface area contributed by atoms with Gasteiger partial charge in [0, 0.05) is 6.42 Å². The molecule has 1 rings (SSSR count). The molecule has 0 fully saturated rings. The number of hydrogen-bond donors (Lipinski definition) is 7. The minimum absolute atomic E-state index is 0.00762. The van der Waals surface area contributed by atoms with E-state index >= 15 is 0 Å². The van der Waals surface area contributed by atoms with Gasteiger partial charge in [-0.25, -0.2) is 4.79 Å². The summed E-state index contributed by atoms with van der Waals surface area (Å²) in [5.74, 6) is -3.86. The number of carboxylic acids is 1. The van der Waals surface area contributed by atoms with Crippen molar-refractivity contribution in [2.75, 3.05) is 6.54 Å². The van der Waals surface area contributed by atoms with E-state index in [0.29, 0.717) is 19.4 Å². The van der Waals surface area contributed by atoms with E-state index in [9.17, 15) is 29.1 Å². The SMILES string of the molecule is CC(C)CC(NC(=O)C(N)Cc1ccccc1)C(=O)NC(CCC(N)=O)C(=O)NC(CCCCN)C(=O)O. The Labute approximate surface area is 223 Å². The second kappa shape index (κ2) is 17.1. The summed E-state index contributed by atoms with van der Waals surface area (Å²) in [5.41, 5.74) is 17.6. The van der Waals surface area contributed by atoms with Gasteiger partial charge in [0.25, 0.3) is 0 Å². The van der Waals surface area contributed by atoms with Gasteiger partial charge in [0.05, 0.1) is 6.04 Å². The molecule has 1 aromatic carbocycles. The first-order chi connectivity index (χ1) is 17.9. The maximum atomic E-state index is 13.2. The Kier molecular flexibility index (Phi) is 14.6. The van der Waals surface area contributed by atoms with Gasteiger partial charge >= 0.3 is 5.97 Å².